The fourth-order valence-corrected chi connectivity index (χ4v) is 2.33. The van der Waals surface area contributed by atoms with Crippen LogP contribution in [0, 0.1) is 20.6 Å². The zero-order valence-corrected chi connectivity index (χ0v) is 13.4. The van der Waals surface area contributed by atoms with Gasteiger partial charge in [0.2, 0.25) is 0 Å². The Hall–Kier alpha value is -1.63. The second-order valence-electron chi connectivity index (χ2n) is 4.68. The van der Waals surface area contributed by atoms with Gasteiger partial charge in [0, 0.05) is 26.9 Å². The number of nitro benzene ring substituents is 1. The van der Waals surface area contributed by atoms with Crippen LogP contribution in [0.3, 0.4) is 0 Å². The highest BCUT2D eigenvalue weighted by Crippen LogP contribution is 2.25. The molecule has 104 valence electrons. The number of halogens is 1. The quantitative estimate of drug-likeness (QED) is 0.475. The molecule has 1 atom stereocenters. The standard InChI is InChI=1S/C15H15IN2O2/c1-10-3-4-12(9-15(10)18(19)20)11(2)17-14-7-5-13(16)6-8-14/h3-9,11,17H,1-2H3. The molecular weight excluding hydrogens is 367 g/mol. The lowest BCUT2D eigenvalue weighted by molar-refractivity contribution is -0.385. The minimum absolute atomic E-state index is 0.00867. The summed E-state index contributed by atoms with van der Waals surface area (Å²) in [5, 5.41) is 14.3. The Bertz CT molecular complexity index is 626. The Morgan fingerprint density at radius 1 is 1.20 bits per heavy atom. The molecule has 2 aromatic carbocycles. The van der Waals surface area contributed by atoms with E-state index in [9.17, 15) is 10.1 Å². The molecule has 0 fully saturated rings. The van der Waals surface area contributed by atoms with E-state index >= 15 is 0 Å². The first-order valence-electron chi connectivity index (χ1n) is 6.24. The molecule has 0 aliphatic rings. The third-order valence-electron chi connectivity index (χ3n) is 3.16. The molecule has 0 aromatic heterocycles. The van der Waals surface area contributed by atoms with Crippen molar-refractivity contribution in [3.8, 4) is 0 Å². The van der Waals surface area contributed by atoms with Gasteiger partial charge in [0.25, 0.3) is 5.69 Å². The topological polar surface area (TPSA) is 55.2 Å². The number of hydrogen-bond donors (Lipinski definition) is 1. The molecule has 0 saturated carbocycles. The number of aryl methyl sites for hydroxylation is 1. The van der Waals surface area contributed by atoms with E-state index in [0.717, 1.165) is 11.3 Å². The predicted molar refractivity (Wildman–Crippen MR) is 89.0 cm³/mol. The molecule has 20 heavy (non-hydrogen) atoms. The van der Waals surface area contributed by atoms with Crippen LogP contribution in [0.15, 0.2) is 42.5 Å². The van der Waals surface area contributed by atoms with E-state index in [0.29, 0.717) is 5.56 Å². The van der Waals surface area contributed by atoms with E-state index in [4.69, 9.17) is 0 Å². The monoisotopic (exact) mass is 382 g/mol. The van der Waals surface area contributed by atoms with E-state index in [2.05, 4.69) is 27.9 Å². The number of nitro groups is 1. The summed E-state index contributed by atoms with van der Waals surface area (Å²) in [7, 11) is 0. The number of hydrogen-bond acceptors (Lipinski definition) is 3. The minimum Gasteiger partial charge on any atom is -0.379 e. The van der Waals surface area contributed by atoms with Crippen LogP contribution in [0.25, 0.3) is 0 Å². The van der Waals surface area contributed by atoms with Gasteiger partial charge in [-0.2, -0.15) is 0 Å². The Labute approximate surface area is 131 Å². The predicted octanol–water partition coefficient (Wildman–Crippen LogP) is 4.68. The van der Waals surface area contributed by atoms with Gasteiger partial charge in [0.15, 0.2) is 0 Å². The number of nitrogens with zero attached hydrogens (tertiary/aromatic N) is 1. The Morgan fingerprint density at radius 2 is 1.85 bits per heavy atom. The maximum atomic E-state index is 11.0. The summed E-state index contributed by atoms with van der Waals surface area (Å²) in [5.41, 5.74) is 2.75. The summed E-state index contributed by atoms with van der Waals surface area (Å²) in [6.07, 6.45) is 0. The molecule has 0 aliphatic heterocycles. The third-order valence-corrected chi connectivity index (χ3v) is 3.88. The first-order valence-corrected chi connectivity index (χ1v) is 7.32. The molecule has 4 nitrogen and oxygen atoms in total. The number of nitrogens with one attached hydrogen (secondary N) is 1. The average molecular weight is 382 g/mol. The van der Waals surface area contributed by atoms with Gasteiger partial charge in [-0.3, -0.25) is 10.1 Å². The van der Waals surface area contributed by atoms with Gasteiger partial charge in [-0.05, 0) is 66.3 Å². The highest BCUT2D eigenvalue weighted by atomic mass is 127. The van der Waals surface area contributed by atoms with Crippen LogP contribution >= 0.6 is 22.6 Å². The second-order valence-corrected chi connectivity index (χ2v) is 5.92. The average Bonchev–Trinajstić information content (AvgIpc) is 2.41. The van der Waals surface area contributed by atoms with Gasteiger partial charge in [-0.15, -0.1) is 0 Å². The first kappa shape index (κ1) is 14.8. The number of benzene rings is 2. The van der Waals surface area contributed by atoms with Crippen LogP contribution in [0.4, 0.5) is 11.4 Å². The molecule has 0 heterocycles. The third kappa shape index (κ3) is 3.47. The van der Waals surface area contributed by atoms with Crippen LogP contribution in [0.5, 0.6) is 0 Å². The fourth-order valence-electron chi connectivity index (χ4n) is 1.97. The summed E-state index contributed by atoms with van der Waals surface area (Å²) < 4.78 is 1.17. The maximum Gasteiger partial charge on any atom is 0.272 e. The van der Waals surface area contributed by atoms with Crippen LogP contribution < -0.4 is 5.32 Å². The molecule has 0 aliphatic carbocycles. The zero-order chi connectivity index (χ0) is 14.7. The van der Waals surface area contributed by atoms with Crippen molar-refractivity contribution in [1.82, 2.24) is 0 Å². The van der Waals surface area contributed by atoms with Crippen LogP contribution in [-0.2, 0) is 0 Å². The lowest BCUT2D eigenvalue weighted by Gasteiger charge is -2.16. The first-order chi connectivity index (χ1) is 9.47. The lowest BCUT2D eigenvalue weighted by Crippen LogP contribution is -2.07. The molecule has 1 unspecified atom stereocenters. The fraction of sp³-hybridized carbons (Fsp3) is 0.200. The molecule has 0 amide bonds. The molecule has 2 aromatic rings. The molecule has 0 bridgehead atoms. The van der Waals surface area contributed by atoms with Gasteiger partial charge in [-0.1, -0.05) is 12.1 Å². The van der Waals surface area contributed by atoms with Crippen molar-refractivity contribution >= 4 is 34.0 Å². The Kier molecular flexibility index (Phi) is 4.59. The van der Waals surface area contributed by atoms with E-state index in [1.807, 2.05) is 37.3 Å². The number of anilines is 1. The van der Waals surface area contributed by atoms with E-state index in [1.54, 1.807) is 19.1 Å². The summed E-state index contributed by atoms with van der Waals surface area (Å²) in [5.74, 6) is 0. The van der Waals surface area contributed by atoms with Crippen molar-refractivity contribution in [2.75, 3.05) is 5.32 Å². The Morgan fingerprint density at radius 3 is 2.45 bits per heavy atom. The van der Waals surface area contributed by atoms with E-state index < -0.39 is 0 Å². The molecule has 0 saturated heterocycles. The van der Waals surface area contributed by atoms with Crippen LogP contribution in [0.1, 0.15) is 24.1 Å². The summed E-state index contributed by atoms with van der Waals surface area (Å²) in [6.45, 7) is 3.74. The largest absolute Gasteiger partial charge is 0.379 e. The van der Waals surface area contributed by atoms with E-state index in [1.165, 1.54) is 3.57 Å². The molecule has 2 rings (SSSR count). The van der Waals surface area contributed by atoms with Gasteiger partial charge in [-0.25, -0.2) is 0 Å². The summed E-state index contributed by atoms with van der Waals surface area (Å²) in [6, 6.07) is 13.4. The van der Waals surface area contributed by atoms with Gasteiger partial charge in [0.05, 0.1) is 4.92 Å². The molecule has 0 radical (unpaired) electrons. The summed E-state index contributed by atoms with van der Waals surface area (Å²) >= 11 is 2.25. The highest BCUT2D eigenvalue weighted by Gasteiger charge is 2.14. The maximum absolute atomic E-state index is 11.0. The lowest BCUT2D eigenvalue weighted by atomic mass is 10.0. The van der Waals surface area contributed by atoms with Gasteiger partial charge in [0.1, 0.15) is 0 Å². The SMILES string of the molecule is Cc1ccc(C(C)Nc2ccc(I)cc2)cc1[N+](=O)[O-]. The van der Waals surface area contributed by atoms with E-state index in [-0.39, 0.29) is 16.7 Å². The van der Waals surface area contributed by atoms with Crippen LogP contribution in [0.2, 0.25) is 0 Å². The number of rotatable bonds is 4. The minimum atomic E-state index is -0.337. The van der Waals surface area contributed by atoms with Crippen molar-refractivity contribution in [2.24, 2.45) is 0 Å². The Balaban J connectivity index is 2.20. The normalized spacial score (nSPS) is 11.9. The van der Waals surface area contributed by atoms with Gasteiger partial charge < -0.3 is 5.32 Å². The smallest absolute Gasteiger partial charge is 0.272 e. The van der Waals surface area contributed by atoms with Crippen molar-refractivity contribution in [3.05, 3.63) is 67.3 Å². The molecule has 0 spiro atoms. The second kappa shape index (κ2) is 6.21. The van der Waals surface area contributed by atoms with Gasteiger partial charge >= 0.3 is 0 Å². The zero-order valence-electron chi connectivity index (χ0n) is 11.3. The molecule has 5 heteroatoms. The molecule has 1 N–H and O–H groups in total. The summed E-state index contributed by atoms with van der Waals surface area (Å²) in [4.78, 5) is 10.6. The highest BCUT2D eigenvalue weighted by molar-refractivity contribution is 14.1. The van der Waals surface area contributed by atoms with Crippen molar-refractivity contribution in [2.45, 2.75) is 19.9 Å². The van der Waals surface area contributed by atoms with Crippen molar-refractivity contribution in [1.29, 1.82) is 0 Å². The molecular formula is C15H15IN2O2. The van der Waals surface area contributed by atoms with Crippen molar-refractivity contribution < 1.29 is 4.92 Å². The van der Waals surface area contributed by atoms with Crippen molar-refractivity contribution in [3.63, 3.8) is 0 Å². The van der Waals surface area contributed by atoms with Crippen LogP contribution in [-0.4, -0.2) is 4.92 Å².